The summed E-state index contributed by atoms with van der Waals surface area (Å²) in [6.45, 7) is 3.54. The largest absolute Gasteiger partial charge is 0.321 e. The molecular weight excluding hydrogens is 356 g/mol. The van der Waals surface area contributed by atoms with Crippen LogP contribution in [0, 0.1) is 0 Å². The first-order chi connectivity index (χ1) is 11.8. The topological polar surface area (TPSA) is 75.3 Å². The molecule has 1 aliphatic heterocycles. The second-order valence-electron chi connectivity index (χ2n) is 5.93. The third-order valence-corrected chi connectivity index (χ3v) is 6.01. The Hall–Kier alpha value is -2.22. The smallest absolute Gasteiger partial charge is 0.255 e. The zero-order valence-electron chi connectivity index (χ0n) is 13.8. The van der Waals surface area contributed by atoms with Crippen LogP contribution in [0.4, 0.5) is 0 Å². The van der Waals surface area contributed by atoms with Gasteiger partial charge < -0.3 is 5.32 Å². The highest BCUT2D eigenvalue weighted by Gasteiger charge is 2.20. The van der Waals surface area contributed by atoms with Crippen molar-refractivity contribution in [3.8, 4) is 0 Å². The van der Waals surface area contributed by atoms with Gasteiger partial charge in [-0.25, -0.2) is 13.1 Å². The number of benzene rings is 1. The van der Waals surface area contributed by atoms with Gasteiger partial charge in [0.05, 0.1) is 4.90 Å². The summed E-state index contributed by atoms with van der Waals surface area (Å²) in [5.41, 5.74) is 2.00. The fraction of sp³-hybridized carbons (Fsp3) is 0.167. The van der Waals surface area contributed by atoms with E-state index in [0.29, 0.717) is 11.3 Å². The van der Waals surface area contributed by atoms with E-state index in [2.05, 4.69) is 10.0 Å². The third kappa shape index (κ3) is 4.07. The van der Waals surface area contributed by atoms with Gasteiger partial charge in [-0.05, 0) is 55.1 Å². The normalized spacial score (nSPS) is 16.4. The number of thiophene rings is 1. The zero-order chi connectivity index (χ0) is 18.0. The molecule has 3 rings (SSSR count). The van der Waals surface area contributed by atoms with E-state index in [0.717, 1.165) is 10.4 Å². The Labute approximate surface area is 151 Å². The van der Waals surface area contributed by atoms with Gasteiger partial charge in [-0.3, -0.25) is 4.79 Å². The van der Waals surface area contributed by atoms with Crippen LogP contribution >= 0.6 is 11.3 Å². The molecule has 0 saturated carbocycles. The van der Waals surface area contributed by atoms with E-state index in [1.807, 2.05) is 23.6 Å². The Morgan fingerprint density at radius 3 is 2.48 bits per heavy atom. The highest BCUT2D eigenvalue weighted by Crippen LogP contribution is 2.24. The Morgan fingerprint density at radius 1 is 1.16 bits per heavy atom. The number of rotatable bonds is 5. The number of carbonyl (C=O) groups excluding carboxylic acids is 1. The molecule has 1 aromatic heterocycles. The van der Waals surface area contributed by atoms with Crippen LogP contribution in [0.5, 0.6) is 0 Å². The highest BCUT2D eigenvalue weighted by atomic mass is 32.2. The van der Waals surface area contributed by atoms with E-state index in [1.165, 1.54) is 12.1 Å². The molecule has 0 atom stereocenters. The summed E-state index contributed by atoms with van der Waals surface area (Å²) in [6, 6.07) is 10.1. The van der Waals surface area contributed by atoms with Crippen LogP contribution in [-0.4, -0.2) is 20.4 Å². The Kier molecular flexibility index (Phi) is 4.89. The Morgan fingerprint density at radius 2 is 1.88 bits per heavy atom. The zero-order valence-corrected chi connectivity index (χ0v) is 15.4. The van der Waals surface area contributed by atoms with Crippen molar-refractivity contribution in [2.24, 2.45) is 0 Å². The first-order valence-electron chi connectivity index (χ1n) is 7.76. The van der Waals surface area contributed by atoms with Gasteiger partial charge >= 0.3 is 0 Å². The van der Waals surface area contributed by atoms with Crippen molar-refractivity contribution in [3.63, 3.8) is 0 Å². The van der Waals surface area contributed by atoms with Crippen molar-refractivity contribution in [1.82, 2.24) is 10.0 Å². The summed E-state index contributed by atoms with van der Waals surface area (Å²) in [5, 5.41) is 4.77. The van der Waals surface area contributed by atoms with Crippen molar-refractivity contribution in [3.05, 3.63) is 63.9 Å². The summed E-state index contributed by atoms with van der Waals surface area (Å²) in [7, 11) is -3.52. The monoisotopic (exact) mass is 374 g/mol. The van der Waals surface area contributed by atoms with Gasteiger partial charge in [0.2, 0.25) is 10.0 Å². The lowest BCUT2D eigenvalue weighted by molar-refractivity contribution is -0.115. The van der Waals surface area contributed by atoms with Crippen LogP contribution in [0.1, 0.15) is 24.3 Å². The first-order valence-corrected chi connectivity index (χ1v) is 10.1. The van der Waals surface area contributed by atoms with E-state index >= 15 is 0 Å². The number of hydrogen-bond acceptors (Lipinski definition) is 4. The summed E-state index contributed by atoms with van der Waals surface area (Å²) >= 11 is 1.56. The second kappa shape index (κ2) is 6.95. The van der Waals surface area contributed by atoms with Crippen molar-refractivity contribution in [2.75, 3.05) is 0 Å². The first kappa shape index (κ1) is 17.6. The summed E-state index contributed by atoms with van der Waals surface area (Å²) in [6.07, 6.45) is 3.61. The standard InChI is InChI=1S/C18H18N2O3S2/c1-12(2)20-25(22,23)16-7-5-13(6-8-16)17-11-14(18(21)19-17)10-15-4-3-9-24-15/h3-12,20H,1-2H3,(H,19,21). The van der Waals surface area contributed by atoms with Crippen LogP contribution in [0.3, 0.4) is 0 Å². The van der Waals surface area contributed by atoms with Crippen LogP contribution in [0.15, 0.2) is 58.3 Å². The molecule has 1 aromatic carbocycles. The summed E-state index contributed by atoms with van der Waals surface area (Å²) < 4.78 is 26.9. The molecule has 25 heavy (non-hydrogen) atoms. The molecule has 0 radical (unpaired) electrons. The van der Waals surface area contributed by atoms with Crippen molar-refractivity contribution in [1.29, 1.82) is 0 Å². The average Bonchev–Trinajstić information content (AvgIpc) is 3.17. The van der Waals surface area contributed by atoms with E-state index in [9.17, 15) is 13.2 Å². The molecule has 0 fully saturated rings. The maximum Gasteiger partial charge on any atom is 0.255 e. The minimum atomic E-state index is -3.52. The summed E-state index contributed by atoms with van der Waals surface area (Å²) in [5.74, 6) is -0.165. The Bertz CT molecular complexity index is 939. The molecule has 2 aromatic rings. The molecule has 5 nitrogen and oxygen atoms in total. The molecule has 7 heteroatoms. The number of nitrogens with one attached hydrogen (secondary N) is 2. The Balaban J connectivity index is 1.85. The summed E-state index contributed by atoms with van der Waals surface area (Å²) in [4.78, 5) is 13.3. The van der Waals surface area contributed by atoms with Crippen LogP contribution in [-0.2, 0) is 14.8 Å². The molecular formula is C18H18N2O3S2. The average molecular weight is 374 g/mol. The molecule has 0 spiro atoms. The van der Waals surface area contributed by atoms with Crippen LogP contribution in [0.2, 0.25) is 0 Å². The molecule has 2 N–H and O–H groups in total. The van der Waals surface area contributed by atoms with E-state index < -0.39 is 10.0 Å². The second-order valence-corrected chi connectivity index (χ2v) is 8.62. The van der Waals surface area contributed by atoms with Crippen molar-refractivity contribution in [2.45, 2.75) is 24.8 Å². The predicted molar refractivity (Wildman–Crippen MR) is 100 cm³/mol. The lowest BCUT2D eigenvalue weighted by Crippen LogP contribution is -2.30. The third-order valence-electron chi connectivity index (χ3n) is 3.52. The number of carbonyl (C=O) groups is 1. The van der Waals surface area contributed by atoms with Gasteiger partial charge in [0.15, 0.2) is 0 Å². The van der Waals surface area contributed by atoms with Crippen LogP contribution < -0.4 is 10.0 Å². The van der Waals surface area contributed by atoms with Gasteiger partial charge in [0, 0.05) is 22.2 Å². The maximum atomic E-state index is 12.2. The van der Waals surface area contributed by atoms with E-state index in [1.54, 1.807) is 43.4 Å². The van der Waals surface area contributed by atoms with Gasteiger partial charge in [-0.1, -0.05) is 18.2 Å². The van der Waals surface area contributed by atoms with Gasteiger partial charge in [-0.15, -0.1) is 11.3 Å². The van der Waals surface area contributed by atoms with E-state index in [-0.39, 0.29) is 16.8 Å². The molecule has 0 unspecified atom stereocenters. The molecule has 2 heterocycles. The molecule has 0 bridgehead atoms. The minimum absolute atomic E-state index is 0.165. The molecule has 130 valence electrons. The predicted octanol–water partition coefficient (Wildman–Crippen LogP) is 2.99. The fourth-order valence-electron chi connectivity index (χ4n) is 2.43. The molecule has 0 aliphatic carbocycles. The number of hydrogen-bond donors (Lipinski definition) is 2. The minimum Gasteiger partial charge on any atom is -0.321 e. The van der Waals surface area contributed by atoms with Gasteiger partial charge in [-0.2, -0.15) is 0 Å². The van der Waals surface area contributed by atoms with Gasteiger partial charge in [0.1, 0.15) is 0 Å². The molecule has 1 aliphatic rings. The molecule has 0 saturated heterocycles. The lowest BCUT2D eigenvalue weighted by Gasteiger charge is -2.10. The van der Waals surface area contributed by atoms with Crippen LogP contribution in [0.25, 0.3) is 11.8 Å². The lowest BCUT2D eigenvalue weighted by atomic mass is 10.1. The molecule has 1 amide bonds. The fourth-order valence-corrected chi connectivity index (χ4v) is 4.35. The SMILES string of the molecule is CC(C)NS(=O)(=O)c1ccc(C2=CC(=Cc3cccs3)C(=O)N2)cc1. The van der Waals surface area contributed by atoms with Crippen molar-refractivity contribution >= 4 is 39.0 Å². The van der Waals surface area contributed by atoms with Gasteiger partial charge in [0.25, 0.3) is 5.91 Å². The number of amides is 1. The van der Waals surface area contributed by atoms with E-state index in [4.69, 9.17) is 0 Å². The maximum absolute atomic E-state index is 12.2. The quantitative estimate of drug-likeness (QED) is 0.790. The number of sulfonamides is 1. The van der Waals surface area contributed by atoms with Crippen molar-refractivity contribution < 1.29 is 13.2 Å². The highest BCUT2D eigenvalue weighted by molar-refractivity contribution is 7.89.